The molecular formula is C20H25FN4O2. The number of ether oxygens (including phenoxy) is 1. The van der Waals surface area contributed by atoms with Crippen molar-refractivity contribution in [2.24, 2.45) is 0 Å². The molecule has 2 aromatic rings. The molecule has 2 N–H and O–H groups in total. The van der Waals surface area contributed by atoms with Crippen LogP contribution in [-0.2, 0) is 6.54 Å². The SMILES string of the molecule is O=C(NCCOc1ccc(F)cc1)NCc1ccnc(N2CCCCC2)c1. The third-order valence-electron chi connectivity index (χ3n) is 4.41. The number of nitrogens with one attached hydrogen (secondary N) is 2. The van der Waals surface area contributed by atoms with Crippen molar-refractivity contribution in [1.82, 2.24) is 15.6 Å². The van der Waals surface area contributed by atoms with E-state index in [0.29, 0.717) is 25.4 Å². The number of nitrogens with zero attached hydrogens (tertiary/aromatic N) is 2. The first-order chi connectivity index (χ1) is 13.2. The number of amides is 2. The van der Waals surface area contributed by atoms with E-state index in [2.05, 4.69) is 20.5 Å². The fraction of sp³-hybridized carbons (Fsp3) is 0.400. The highest BCUT2D eigenvalue weighted by molar-refractivity contribution is 5.73. The maximum Gasteiger partial charge on any atom is 0.315 e. The third-order valence-corrected chi connectivity index (χ3v) is 4.41. The number of halogens is 1. The molecule has 1 aromatic heterocycles. The molecule has 144 valence electrons. The second kappa shape index (κ2) is 9.75. The van der Waals surface area contributed by atoms with Crippen LogP contribution >= 0.6 is 0 Å². The van der Waals surface area contributed by atoms with Gasteiger partial charge in [0.25, 0.3) is 0 Å². The van der Waals surface area contributed by atoms with E-state index in [4.69, 9.17) is 4.74 Å². The van der Waals surface area contributed by atoms with Crippen molar-refractivity contribution < 1.29 is 13.9 Å². The summed E-state index contributed by atoms with van der Waals surface area (Å²) in [4.78, 5) is 18.6. The van der Waals surface area contributed by atoms with Gasteiger partial charge in [-0.15, -0.1) is 0 Å². The third kappa shape index (κ3) is 6.13. The van der Waals surface area contributed by atoms with E-state index in [1.807, 2.05) is 12.1 Å². The Morgan fingerprint density at radius 2 is 1.89 bits per heavy atom. The van der Waals surface area contributed by atoms with E-state index in [0.717, 1.165) is 24.5 Å². The van der Waals surface area contributed by atoms with Gasteiger partial charge in [0.15, 0.2) is 0 Å². The first-order valence-electron chi connectivity index (χ1n) is 9.31. The number of carbonyl (C=O) groups is 1. The quantitative estimate of drug-likeness (QED) is 0.733. The summed E-state index contributed by atoms with van der Waals surface area (Å²) in [6.45, 7) is 3.19. The summed E-state index contributed by atoms with van der Waals surface area (Å²) in [6, 6.07) is 9.46. The molecule has 27 heavy (non-hydrogen) atoms. The summed E-state index contributed by atoms with van der Waals surface area (Å²) in [5, 5.41) is 5.57. The lowest BCUT2D eigenvalue weighted by atomic mass is 10.1. The van der Waals surface area contributed by atoms with Crippen molar-refractivity contribution >= 4 is 11.8 Å². The molecule has 1 saturated heterocycles. The van der Waals surface area contributed by atoms with Gasteiger partial charge in [-0.2, -0.15) is 0 Å². The molecule has 0 saturated carbocycles. The van der Waals surface area contributed by atoms with E-state index in [1.54, 1.807) is 18.3 Å². The Bertz CT molecular complexity index is 733. The van der Waals surface area contributed by atoms with Crippen LogP contribution in [-0.4, -0.2) is 37.3 Å². The number of benzene rings is 1. The molecule has 0 bridgehead atoms. The predicted octanol–water partition coefficient (Wildman–Crippen LogP) is 3.09. The zero-order valence-corrected chi connectivity index (χ0v) is 15.3. The summed E-state index contributed by atoms with van der Waals surface area (Å²) in [5.41, 5.74) is 1.02. The van der Waals surface area contributed by atoms with Crippen molar-refractivity contribution in [2.45, 2.75) is 25.8 Å². The van der Waals surface area contributed by atoms with Crippen LogP contribution in [0.25, 0.3) is 0 Å². The average Bonchev–Trinajstić information content (AvgIpc) is 2.72. The van der Waals surface area contributed by atoms with Crippen LogP contribution in [0.15, 0.2) is 42.6 Å². The molecule has 1 aromatic carbocycles. The van der Waals surface area contributed by atoms with Gasteiger partial charge in [0.2, 0.25) is 0 Å². The first kappa shape index (κ1) is 18.9. The van der Waals surface area contributed by atoms with E-state index < -0.39 is 0 Å². The number of carbonyl (C=O) groups excluding carboxylic acids is 1. The minimum atomic E-state index is -0.306. The van der Waals surface area contributed by atoms with E-state index in [1.165, 1.54) is 31.4 Å². The molecular weight excluding hydrogens is 347 g/mol. The molecule has 1 fully saturated rings. The van der Waals surface area contributed by atoms with Crippen molar-refractivity contribution in [1.29, 1.82) is 0 Å². The number of hydrogen-bond acceptors (Lipinski definition) is 4. The Hall–Kier alpha value is -2.83. The number of hydrogen-bond donors (Lipinski definition) is 2. The number of urea groups is 1. The lowest BCUT2D eigenvalue weighted by molar-refractivity contribution is 0.236. The second-order valence-electron chi connectivity index (χ2n) is 6.48. The molecule has 0 spiro atoms. The molecule has 2 heterocycles. The number of anilines is 1. The van der Waals surface area contributed by atoms with Crippen molar-refractivity contribution in [3.8, 4) is 5.75 Å². The van der Waals surface area contributed by atoms with Crippen LogP contribution in [0.1, 0.15) is 24.8 Å². The Balaban J connectivity index is 1.36. The zero-order chi connectivity index (χ0) is 18.9. The standard InChI is InChI=1S/C20H25FN4O2/c21-17-4-6-18(7-5-17)27-13-10-23-20(26)24-15-16-8-9-22-19(14-16)25-11-2-1-3-12-25/h4-9,14H,1-3,10-13,15H2,(H2,23,24,26). The van der Waals surface area contributed by atoms with E-state index >= 15 is 0 Å². The number of rotatable bonds is 7. The lowest BCUT2D eigenvalue weighted by Crippen LogP contribution is -2.37. The van der Waals surface area contributed by atoms with Gasteiger partial charge in [0, 0.05) is 25.8 Å². The molecule has 2 amide bonds. The minimum Gasteiger partial charge on any atom is -0.492 e. The number of pyridine rings is 1. The number of piperidine rings is 1. The second-order valence-corrected chi connectivity index (χ2v) is 6.48. The molecule has 6 nitrogen and oxygen atoms in total. The van der Waals surface area contributed by atoms with Gasteiger partial charge in [-0.05, 0) is 61.2 Å². The highest BCUT2D eigenvalue weighted by Gasteiger charge is 2.12. The van der Waals surface area contributed by atoms with Gasteiger partial charge in [0.1, 0.15) is 24.0 Å². The number of aromatic nitrogens is 1. The topological polar surface area (TPSA) is 66.5 Å². The molecule has 0 unspecified atom stereocenters. The van der Waals surface area contributed by atoms with Crippen LogP contribution in [0.4, 0.5) is 15.0 Å². The molecule has 0 atom stereocenters. The zero-order valence-electron chi connectivity index (χ0n) is 15.3. The minimum absolute atomic E-state index is 0.256. The van der Waals surface area contributed by atoms with Crippen LogP contribution < -0.4 is 20.3 Å². The normalized spacial score (nSPS) is 13.9. The van der Waals surface area contributed by atoms with Gasteiger partial charge in [-0.3, -0.25) is 0 Å². The van der Waals surface area contributed by atoms with Gasteiger partial charge in [-0.25, -0.2) is 14.2 Å². The summed E-state index contributed by atoms with van der Waals surface area (Å²) in [5.74, 6) is 1.24. The monoisotopic (exact) mass is 372 g/mol. The summed E-state index contributed by atoms with van der Waals surface area (Å²) in [6.07, 6.45) is 5.47. The first-order valence-corrected chi connectivity index (χ1v) is 9.31. The molecule has 1 aliphatic heterocycles. The predicted molar refractivity (Wildman–Crippen MR) is 102 cm³/mol. The highest BCUT2D eigenvalue weighted by atomic mass is 19.1. The molecule has 1 aliphatic rings. The lowest BCUT2D eigenvalue weighted by Gasteiger charge is -2.27. The smallest absolute Gasteiger partial charge is 0.315 e. The van der Waals surface area contributed by atoms with Gasteiger partial charge < -0.3 is 20.3 Å². The average molecular weight is 372 g/mol. The van der Waals surface area contributed by atoms with Crippen molar-refractivity contribution in [2.75, 3.05) is 31.1 Å². The highest BCUT2D eigenvalue weighted by Crippen LogP contribution is 2.18. The van der Waals surface area contributed by atoms with Gasteiger partial charge >= 0.3 is 6.03 Å². The largest absolute Gasteiger partial charge is 0.492 e. The molecule has 7 heteroatoms. The Kier molecular flexibility index (Phi) is 6.84. The molecule has 3 rings (SSSR count). The summed E-state index contributed by atoms with van der Waals surface area (Å²) in [7, 11) is 0. The van der Waals surface area contributed by atoms with Crippen LogP contribution in [0.2, 0.25) is 0 Å². The van der Waals surface area contributed by atoms with E-state index in [9.17, 15) is 9.18 Å². The van der Waals surface area contributed by atoms with Crippen molar-refractivity contribution in [3.05, 3.63) is 54.0 Å². The Labute approximate surface area is 158 Å². The fourth-order valence-corrected chi connectivity index (χ4v) is 2.98. The Morgan fingerprint density at radius 3 is 2.67 bits per heavy atom. The van der Waals surface area contributed by atoms with Gasteiger partial charge in [0.05, 0.1) is 6.54 Å². The summed E-state index contributed by atoms with van der Waals surface area (Å²) < 4.78 is 18.2. The summed E-state index contributed by atoms with van der Waals surface area (Å²) >= 11 is 0. The van der Waals surface area contributed by atoms with Crippen LogP contribution in [0.3, 0.4) is 0 Å². The van der Waals surface area contributed by atoms with Gasteiger partial charge in [-0.1, -0.05) is 0 Å². The fourth-order valence-electron chi connectivity index (χ4n) is 2.98. The van der Waals surface area contributed by atoms with Crippen molar-refractivity contribution in [3.63, 3.8) is 0 Å². The maximum absolute atomic E-state index is 12.8. The molecule has 0 aliphatic carbocycles. The maximum atomic E-state index is 12.8. The molecule has 0 radical (unpaired) electrons. The Morgan fingerprint density at radius 1 is 1.11 bits per heavy atom. The van der Waals surface area contributed by atoms with Crippen LogP contribution in [0.5, 0.6) is 5.75 Å². The van der Waals surface area contributed by atoms with Crippen LogP contribution in [0, 0.1) is 5.82 Å². The van der Waals surface area contributed by atoms with E-state index in [-0.39, 0.29) is 11.8 Å².